The van der Waals surface area contributed by atoms with Crippen molar-refractivity contribution in [2.45, 2.75) is 57.8 Å². The van der Waals surface area contributed by atoms with Crippen LogP contribution in [0.2, 0.25) is 0 Å². The third kappa shape index (κ3) is 3.18. The van der Waals surface area contributed by atoms with Gasteiger partial charge in [0.05, 0.1) is 18.1 Å². The summed E-state index contributed by atoms with van der Waals surface area (Å²) in [6.45, 7) is 10.3. The van der Waals surface area contributed by atoms with Crippen molar-refractivity contribution in [3.05, 3.63) is 0 Å². The molecule has 1 unspecified atom stereocenters. The molecule has 19 heavy (non-hydrogen) atoms. The van der Waals surface area contributed by atoms with E-state index in [-0.39, 0.29) is 17.3 Å². The average Bonchev–Trinajstić information content (AvgIpc) is 3.08. The number of carbonyl (C=O) groups excluding carboxylic acids is 1. The molecule has 1 atom stereocenters. The minimum Gasteiger partial charge on any atom is -0.383 e. The Morgan fingerprint density at radius 1 is 1.32 bits per heavy atom. The molecule has 4 heteroatoms. The second-order valence-corrected chi connectivity index (χ2v) is 6.85. The maximum atomic E-state index is 12.5. The molecule has 0 spiro atoms. The predicted molar refractivity (Wildman–Crippen MR) is 74.2 cm³/mol. The Bertz CT molecular complexity index is 347. The third-order valence-corrected chi connectivity index (χ3v) is 4.33. The molecule has 0 N–H and O–H groups in total. The van der Waals surface area contributed by atoms with Gasteiger partial charge in [-0.1, -0.05) is 0 Å². The van der Waals surface area contributed by atoms with E-state index in [0.29, 0.717) is 6.04 Å². The summed E-state index contributed by atoms with van der Waals surface area (Å²) >= 11 is 0. The van der Waals surface area contributed by atoms with Gasteiger partial charge in [-0.15, -0.1) is 0 Å². The number of carbonyl (C=O) groups is 1. The number of rotatable bonds is 6. The molecule has 0 amide bonds. The highest BCUT2D eigenvalue weighted by atomic mass is 16.5. The number of ketones is 1. The molecule has 1 heterocycles. The van der Waals surface area contributed by atoms with Crippen LogP contribution in [0.5, 0.6) is 0 Å². The normalized spacial score (nSPS) is 29.2. The van der Waals surface area contributed by atoms with E-state index in [2.05, 4.69) is 4.90 Å². The van der Waals surface area contributed by atoms with Gasteiger partial charge in [-0.05, 0) is 40.5 Å². The van der Waals surface area contributed by atoms with Crippen LogP contribution in [-0.4, -0.2) is 54.7 Å². The number of ether oxygens (including phenoxy) is 2. The number of Topliss-reactive ketones (excluding diaryl/α,β-unsaturated/α-hetero) is 1. The summed E-state index contributed by atoms with van der Waals surface area (Å²) in [5.41, 5.74) is -1.02. The van der Waals surface area contributed by atoms with Crippen molar-refractivity contribution in [2.75, 3.05) is 26.8 Å². The van der Waals surface area contributed by atoms with Gasteiger partial charge in [0.1, 0.15) is 5.60 Å². The Hall–Kier alpha value is -0.450. The molecule has 1 aliphatic heterocycles. The Balaban J connectivity index is 2.05. The van der Waals surface area contributed by atoms with Crippen LogP contribution in [0.1, 0.15) is 40.5 Å². The van der Waals surface area contributed by atoms with Gasteiger partial charge in [0.2, 0.25) is 0 Å². The van der Waals surface area contributed by atoms with Crippen LogP contribution in [-0.2, 0) is 14.3 Å². The Morgan fingerprint density at radius 2 is 1.95 bits per heavy atom. The quantitative estimate of drug-likeness (QED) is 0.738. The molecular formula is C15H27NO3. The van der Waals surface area contributed by atoms with E-state index in [1.807, 2.05) is 27.7 Å². The van der Waals surface area contributed by atoms with Crippen LogP contribution < -0.4 is 0 Å². The molecular weight excluding hydrogens is 242 g/mol. The molecule has 0 aromatic carbocycles. The van der Waals surface area contributed by atoms with Gasteiger partial charge in [-0.2, -0.15) is 0 Å². The molecule has 0 aromatic heterocycles. The maximum Gasteiger partial charge on any atom is 0.171 e. The van der Waals surface area contributed by atoms with Crippen LogP contribution in [0.25, 0.3) is 0 Å². The fourth-order valence-electron chi connectivity index (χ4n) is 3.12. The summed E-state index contributed by atoms with van der Waals surface area (Å²) < 4.78 is 11.1. The molecule has 2 fully saturated rings. The van der Waals surface area contributed by atoms with E-state index >= 15 is 0 Å². The summed E-state index contributed by atoms with van der Waals surface area (Å²) in [7, 11) is 1.72. The minimum atomic E-state index is -0.648. The lowest BCUT2D eigenvalue weighted by Crippen LogP contribution is -2.43. The average molecular weight is 269 g/mol. The molecule has 1 saturated carbocycles. The molecule has 0 bridgehead atoms. The minimum absolute atomic E-state index is 0.0417. The molecule has 0 radical (unpaired) electrons. The largest absolute Gasteiger partial charge is 0.383 e. The van der Waals surface area contributed by atoms with Crippen molar-refractivity contribution in [3.63, 3.8) is 0 Å². The second-order valence-electron chi connectivity index (χ2n) is 6.85. The van der Waals surface area contributed by atoms with Crippen molar-refractivity contribution in [1.29, 1.82) is 0 Å². The first-order chi connectivity index (χ1) is 8.78. The maximum absolute atomic E-state index is 12.5. The summed E-state index contributed by atoms with van der Waals surface area (Å²) in [6, 6.07) is 0.641. The molecule has 110 valence electrons. The van der Waals surface area contributed by atoms with Crippen molar-refractivity contribution < 1.29 is 14.3 Å². The Morgan fingerprint density at radius 3 is 2.37 bits per heavy atom. The standard InChI is InChI=1S/C15H27NO3/c1-14(2)12(13(17)15(3,4)19-14)10-16(8-9-18-5)11-6-7-11/h11-12H,6-10H2,1-5H3. The summed E-state index contributed by atoms with van der Waals surface area (Å²) in [4.78, 5) is 14.9. The first kappa shape index (κ1) is 14.9. The Kier molecular flexibility index (Phi) is 4.05. The van der Waals surface area contributed by atoms with Gasteiger partial charge in [-0.25, -0.2) is 0 Å². The lowest BCUT2D eigenvalue weighted by atomic mass is 9.85. The van der Waals surface area contributed by atoms with Crippen molar-refractivity contribution >= 4 is 5.78 Å². The predicted octanol–water partition coefficient (Wildman–Crippen LogP) is 1.87. The smallest absolute Gasteiger partial charge is 0.171 e. The fraction of sp³-hybridized carbons (Fsp3) is 0.933. The van der Waals surface area contributed by atoms with E-state index in [9.17, 15) is 4.79 Å². The summed E-state index contributed by atoms with van der Waals surface area (Å²) in [5, 5.41) is 0. The third-order valence-electron chi connectivity index (χ3n) is 4.33. The van der Waals surface area contributed by atoms with Crippen molar-refractivity contribution in [2.24, 2.45) is 5.92 Å². The van der Waals surface area contributed by atoms with E-state index in [0.717, 1.165) is 19.7 Å². The fourth-order valence-corrected chi connectivity index (χ4v) is 3.12. The highest BCUT2D eigenvalue weighted by Gasteiger charge is 2.54. The first-order valence-corrected chi connectivity index (χ1v) is 7.25. The summed E-state index contributed by atoms with van der Waals surface area (Å²) in [6.07, 6.45) is 2.49. The van der Waals surface area contributed by atoms with Crippen molar-refractivity contribution in [3.8, 4) is 0 Å². The lowest BCUT2D eigenvalue weighted by molar-refractivity contribution is -0.132. The van der Waals surface area contributed by atoms with Crippen LogP contribution in [0.4, 0.5) is 0 Å². The topological polar surface area (TPSA) is 38.8 Å². The highest BCUT2D eigenvalue weighted by Crippen LogP contribution is 2.40. The molecule has 1 aliphatic carbocycles. The molecule has 2 aliphatic rings. The molecule has 1 saturated heterocycles. The lowest BCUT2D eigenvalue weighted by Gasteiger charge is -2.30. The number of nitrogens with zero attached hydrogens (tertiary/aromatic N) is 1. The van der Waals surface area contributed by atoms with Gasteiger partial charge in [0.15, 0.2) is 5.78 Å². The molecule has 2 rings (SSSR count). The van der Waals surface area contributed by atoms with Crippen LogP contribution >= 0.6 is 0 Å². The Labute approximate surface area is 116 Å². The van der Waals surface area contributed by atoms with Gasteiger partial charge >= 0.3 is 0 Å². The second kappa shape index (κ2) is 5.15. The van der Waals surface area contributed by atoms with Crippen molar-refractivity contribution in [1.82, 2.24) is 4.90 Å². The van der Waals surface area contributed by atoms with E-state index < -0.39 is 5.60 Å². The van der Waals surface area contributed by atoms with Gasteiger partial charge in [0, 0.05) is 26.2 Å². The summed E-state index contributed by atoms with van der Waals surface area (Å²) in [5.74, 6) is 0.195. The molecule has 0 aromatic rings. The number of methoxy groups -OCH3 is 1. The number of hydrogen-bond donors (Lipinski definition) is 0. The monoisotopic (exact) mass is 269 g/mol. The SMILES string of the molecule is COCCN(CC1C(=O)C(C)(C)OC1(C)C)C1CC1. The number of hydrogen-bond acceptors (Lipinski definition) is 4. The van der Waals surface area contributed by atoms with E-state index in [1.165, 1.54) is 12.8 Å². The highest BCUT2D eigenvalue weighted by molar-refractivity contribution is 5.91. The zero-order chi connectivity index (χ0) is 14.3. The van der Waals surface area contributed by atoms with Crippen LogP contribution in [0.15, 0.2) is 0 Å². The first-order valence-electron chi connectivity index (χ1n) is 7.25. The van der Waals surface area contributed by atoms with Gasteiger partial charge < -0.3 is 9.47 Å². The van der Waals surface area contributed by atoms with Crippen LogP contribution in [0, 0.1) is 5.92 Å². The molecule has 4 nitrogen and oxygen atoms in total. The van der Waals surface area contributed by atoms with Gasteiger partial charge in [-0.3, -0.25) is 9.69 Å². The van der Waals surface area contributed by atoms with Crippen LogP contribution in [0.3, 0.4) is 0 Å². The van der Waals surface area contributed by atoms with E-state index in [1.54, 1.807) is 7.11 Å². The van der Waals surface area contributed by atoms with Gasteiger partial charge in [0.25, 0.3) is 0 Å². The zero-order valence-corrected chi connectivity index (χ0v) is 12.9. The van der Waals surface area contributed by atoms with E-state index in [4.69, 9.17) is 9.47 Å². The zero-order valence-electron chi connectivity index (χ0n) is 12.9.